The second-order valence-electron chi connectivity index (χ2n) is 11.0. The Kier molecular flexibility index (Phi) is 4.24. The van der Waals surface area contributed by atoms with E-state index in [9.17, 15) is 0 Å². The van der Waals surface area contributed by atoms with Crippen LogP contribution in [0.3, 0.4) is 0 Å². The van der Waals surface area contributed by atoms with Gasteiger partial charge in [-0.05, 0) is 87.9 Å². The summed E-state index contributed by atoms with van der Waals surface area (Å²) in [6.07, 6.45) is 13.5. The molecular formula is C36H29N. The van der Waals surface area contributed by atoms with Crippen molar-refractivity contribution >= 4 is 11.4 Å². The monoisotopic (exact) mass is 475 g/mol. The number of hydrogen-bond acceptors (Lipinski definition) is 1. The van der Waals surface area contributed by atoms with Gasteiger partial charge in [0.05, 0.1) is 5.41 Å². The number of nitrogens with one attached hydrogen (secondary N) is 1. The number of rotatable bonds is 1. The standard InChI is InChI=1S/C36H29N/c1-24-12-4-3-9-21-35(27-15-5-2-6-16-27)28-17-7-8-18-29(28)36(24)31-22-25-13-10-14-26(25)23-33(31)37-32-20-11-19-30(35)34(32)36/h2-9,11-12,15-20,22-23,37H,1,10,13-14,21H2/b9-3-,12-4-. The highest BCUT2D eigenvalue weighted by Crippen LogP contribution is 2.64. The Morgan fingerprint density at radius 1 is 0.676 bits per heavy atom. The van der Waals surface area contributed by atoms with Gasteiger partial charge in [-0.2, -0.15) is 0 Å². The van der Waals surface area contributed by atoms with E-state index >= 15 is 0 Å². The molecule has 0 saturated carbocycles. The van der Waals surface area contributed by atoms with E-state index in [0.717, 1.165) is 18.4 Å². The quantitative estimate of drug-likeness (QED) is 0.292. The molecule has 1 spiro atoms. The first-order valence-electron chi connectivity index (χ1n) is 13.5. The SMILES string of the molecule is C=C1/C=C\C=C/CC2(c3ccccc3)c3ccccc3C13c1cc4c(cc1Nc1cccc2c13)CCC4. The molecule has 0 fully saturated rings. The maximum atomic E-state index is 4.82. The Hall–Kier alpha value is -4.10. The van der Waals surface area contributed by atoms with E-state index in [-0.39, 0.29) is 5.41 Å². The van der Waals surface area contributed by atoms with Crippen molar-refractivity contribution in [3.63, 3.8) is 0 Å². The fourth-order valence-corrected chi connectivity index (χ4v) is 7.84. The summed E-state index contributed by atoms with van der Waals surface area (Å²) < 4.78 is 0. The number of hydrogen-bond donors (Lipinski definition) is 1. The van der Waals surface area contributed by atoms with Gasteiger partial charge >= 0.3 is 0 Å². The third-order valence-corrected chi connectivity index (χ3v) is 9.31. The van der Waals surface area contributed by atoms with E-state index in [1.165, 1.54) is 68.7 Å². The van der Waals surface area contributed by atoms with Gasteiger partial charge in [0, 0.05) is 16.8 Å². The molecule has 178 valence electrons. The molecule has 37 heavy (non-hydrogen) atoms. The molecule has 2 atom stereocenters. The smallest absolute Gasteiger partial charge is 0.0742 e. The summed E-state index contributed by atoms with van der Waals surface area (Å²) in [7, 11) is 0. The Labute approximate surface area is 218 Å². The minimum Gasteiger partial charge on any atom is -0.355 e. The highest BCUT2D eigenvalue weighted by atomic mass is 14.9. The lowest BCUT2D eigenvalue weighted by molar-refractivity contribution is 0.551. The van der Waals surface area contributed by atoms with Crippen LogP contribution >= 0.6 is 0 Å². The van der Waals surface area contributed by atoms with Crippen molar-refractivity contribution < 1.29 is 0 Å². The van der Waals surface area contributed by atoms with Gasteiger partial charge in [0.25, 0.3) is 0 Å². The summed E-state index contributed by atoms with van der Waals surface area (Å²) in [5.74, 6) is 0. The zero-order chi connectivity index (χ0) is 24.6. The Balaban J connectivity index is 1.60. The Morgan fingerprint density at radius 2 is 1.43 bits per heavy atom. The van der Waals surface area contributed by atoms with Crippen LogP contribution in [0.1, 0.15) is 57.3 Å². The van der Waals surface area contributed by atoms with Crippen molar-refractivity contribution in [3.05, 3.63) is 166 Å². The van der Waals surface area contributed by atoms with Crippen molar-refractivity contribution in [1.29, 1.82) is 0 Å². The van der Waals surface area contributed by atoms with Crippen LogP contribution < -0.4 is 5.32 Å². The topological polar surface area (TPSA) is 12.0 Å². The number of fused-ring (bicyclic) bond motifs is 3. The maximum absolute atomic E-state index is 4.82. The highest BCUT2D eigenvalue weighted by molar-refractivity contribution is 5.88. The van der Waals surface area contributed by atoms with Crippen LogP contribution in [0, 0.1) is 0 Å². The zero-order valence-electron chi connectivity index (χ0n) is 20.9. The van der Waals surface area contributed by atoms with Crippen LogP contribution in [0.4, 0.5) is 11.4 Å². The summed E-state index contributed by atoms with van der Waals surface area (Å²) >= 11 is 0. The van der Waals surface area contributed by atoms with E-state index in [1.54, 1.807) is 0 Å². The number of aryl methyl sites for hydroxylation is 2. The third-order valence-electron chi connectivity index (χ3n) is 9.31. The number of anilines is 2. The summed E-state index contributed by atoms with van der Waals surface area (Å²) in [5.41, 5.74) is 14.0. The lowest BCUT2D eigenvalue weighted by Crippen LogP contribution is -2.47. The van der Waals surface area contributed by atoms with Crippen LogP contribution in [0.2, 0.25) is 0 Å². The van der Waals surface area contributed by atoms with Gasteiger partial charge in [-0.25, -0.2) is 0 Å². The number of benzene rings is 4. The Bertz CT molecular complexity index is 1670. The van der Waals surface area contributed by atoms with Crippen molar-refractivity contribution in [2.24, 2.45) is 0 Å². The molecule has 2 bridgehead atoms. The fraction of sp³-hybridized carbons (Fsp3) is 0.167. The lowest BCUT2D eigenvalue weighted by atomic mass is 9.50. The normalized spacial score (nSPS) is 25.8. The van der Waals surface area contributed by atoms with E-state index < -0.39 is 5.41 Å². The predicted octanol–water partition coefficient (Wildman–Crippen LogP) is 8.29. The van der Waals surface area contributed by atoms with E-state index in [4.69, 9.17) is 6.58 Å². The van der Waals surface area contributed by atoms with E-state index in [0.29, 0.717) is 0 Å². The lowest BCUT2D eigenvalue weighted by Gasteiger charge is -2.53. The van der Waals surface area contributed by atoms with Crippen LogP contribution in [-0.4, -0.2) is 0 Å². The minimum absolute atomic E-state index is 0.287. The van der Waals surface area contributed by atoms with Crippen LogP contribution in [-0.2, 0) is 23.7 Å². The molecule has 1 heteroatoms. The van der Waals surface area contributed by atoms with Gasteiger partial charge in [-0.3, -0.25) is 0 Å². The molecule has 4 aromatic carbocycles. The van der Waals surface area contributed by atoms with Gasteiger partial charge in [0.15, 0.2) is 0 Å². The molecule has 1 nitrogen and oxygen atoms in total. The minimum atomic E-state index is -0.444. The molecule has 1 N–H and O–H groups in total. The van der Waals surface area contributed by atoms with Crippen LogP contribution in [0.5, 0.6) is 0 Å². The summed E-state index contributed by atoms with van der Waals surface area (Å²) in [6.45, 7) is 4.82. The molecule has 0 aromatic heterocycles. The van der Waals surface area contributed by atoms with Crippen molar-refractivity contribution in [1.82, 2.24) is 0 Å². The van der Waals surface area contributed by atoms with Crippen molar-refractivity contribution in [3.8, 4) is 0 Å². The predicted molar refractivity (Wildman–Crippen MR) is 153 cm³/mol. The fourth-order valence-electron chi connectivity index (χ4n) is 7.84. The molecule has 1 aliphatic heterocycles. The van der Waals surface area contributed by atoms with Crippen LogP contribution in [0.25, 0.3) is 0 Å². The third kappa shape index (κ3) is 2.54. The molecule has 3 aliphatic carbocycles. The van der Waals surface area contributed by atoms with Gasteiger partial charge in [0.1, 0.15) is 0 Å². The second kappa shape index (κ2) is 7.46. The molecule has 1 heterocycles. The first-order chi connectivity index (χ1) is 18.2. The largest absolute Gasteiger partial charge is 0.355 e. The number of allylic oxidation sites excluding steroid dienone is 5. The molecule has 4 aliphatic rings. The van der Waals surface area contributed by atoms with E-state index in [2.05, 4.69) is 115 Å². The summed E-state index contributed by atoms with van der Waals surface area (Å²) in [5, 5.41) is 3.91. The van der Waals surface area contributed by atoms with E-state index in [1.807, 2.05) is 0 Å². The van der Waals surface area contributed by atoms with Crippen LogP contribution in [0.15, 0.2) is 121 Å². The molecule has 2 unspecified atom stereocenters. The van der Waals surface area contributed by atoms with Gasteiger partial charge < -0.3 is 5.32 Å². The van der Waals surface area contributed by atoms with Gasteiger partial charge in [0.2, 0.25) is 0 Å². The highest BCUT2D eigenvalue weighted by Gasteiger charge is 2.55. The maximum Gasteiger partial charge on any atom is 0.0742 e. The average molecular weight is 476 g/mol. The molecule has 8 rings (SSSR count). The molecule has 0 amide bonds. The molecule has 0 saturated heterocycles. The van der Waals surface area contributed by atoms with Crippen molar-refractivity contribution in [2.75, 3.05) is 5.32 Å². The van der Waals surface area contributed by atoms with Gasteiger partial charge in [-0.1, -0.05) is 104 Å². The average Bonchev–Trinajstić information content (AvgIpc) is 3.40. The summed E-state index contributed by atoms with van der Waals surface area (Å²) in [4.78, 5) is 0. The first kappa shape index (κ1) is 21.0. The zero-order valence-corrected chi connectivity index (χ0v) is 20.9. The summed E-state index contributed by atoms with van der Waals surface area (Å²) in [6, 6.07) is 32.1. The molecule has 0 radical (unpaired) electrons. The molecular weight excluding hydrogens is 446 g/mol. The Morgan fingerprint density at radius 3 is 2.30 bits per heavy atom. The van der Waals surface area contributed by atoms with Crippen molar-refractivity contribution in [2.45, 2.75) is 36.5 Å². The first-order valence-corrected chi connectivity index (χ1v) is 13.5. The molecule has 4 aromatic rings. The second-order valence-corrected chi connectivity index (χ2v) is 11.0. The van der Waals surface area contributed by atoms with Gasteiger partial charge in [-0.15, -0.1) is 0 Å².